The third-order valence-electron chi connectivity index (χ3n) is 3.20. The van der Waals surface area contributed by atoms with Crippen LogP contribution in [0.4, 0.5) is 10.7 Å². The van der Waals surface area contributed by atoms with Gasteiger partial charge in [0.2, 0.25) is 5.27 Å². The fourth-order valence-corrected chi connectivity index (χ4v) is 2.10. The highest BCUT2D eigenvalue weighted by Crippen LogP contribution is 2.03. The molecular formula is C13H25N6O6+. The molecule has 0 atom stereocenters. The van der Waals surface area contributed by atoms with Gasteiger partial charge in [0, 0.05) is 19.6 Å². The van der Waals surface area contributed by atoms with Crippen molar-refractivity contribution in [3.05, 3.63) is 16.3 Å². The first-order chi connectivity index (χ1) is 12.1. The molecule has 0 spiro atoms. The van der Waals surface area contributed by atoms with Crippen molar-refractivity contribution in [3.63, 3.8) is 0 Å². The Bertz CT molecular complexity index is 531. The Balaban J connectivity index is 0.00000151. The summed E-state index contributed by atoms with van der Waals surface area (Å²) in [7, 11) is 0. The molecule has 2 heterocycles. The smallest absolute Gasteiger partial charge is 0.414 e. The summed E-state index contributed by atoms with van der Waals surface area (Å²) in [4.78, 5) is 29.2. The van der Waals surface area contributed by atoms with Crippen LogP contribution >= 0.6 is 0 Å². The normalized spacial score (nSPS) is 14.3. The number of piperazine rings is 1. The van der Waals surface area contributed by atoms with Gasteiger partial charge >= 0.3 is 12.0 Å². The lowest BCUT2D eigenvalue weighted by molar-refractivity contribution is -0.760. The van der Waals surface area contributed by atoms with Crippen molar-refractivity contribution in [3.8, 4) is 0 Å². The summed E-state index contributed by atoms with van der Waals surface area (Å²) >= 11 is 0. The van der Waals surface area contributed by atoms with E-state index in [-0.39, 0.29) is 19.1 Å². The van der Waals surface area contributed by atoms with Crippen LogP contribution in [0.3, 0.4) is 0 Å². The maximum Gasteiger partial charge on any atom is 0.414 e. The predicted octanol–water partition coefficient (Wildman–Crippen LogP) is 0.0186. The van der Waals surface area contributed by atoms with E-state index in [1.807, 2.05) is 18.9 Å². The second-order valence-corrected chi connectivity index (χ2v) is 4.68. The number of amides is 1. The summed E-state index contributed by atoms with van der Waals surface area (Å²) in [5, 5.41) is 17.5. The second kappa shape index (κ2) is 11.0. The van der Waals surface area contributed by atoms with Crippen LogP contribution in [-0.2, 0) is 9.57 Å². The zero-order valence-electron chi connectivity index (χ0n) is 14.7. The Morgan fingerprint density at radius 3 is 2.72 bits per heavy atom. The van der Waals surface area contributed by atoms with Gasteiger partial charge in [0.15, 0.2) is 0 Å². The van der Waals surface area contributed by atoms with Gasteiger partial charge in [-0.2, -0.15) is 5.01 Å². The fraction of sp³-hybridized carbons (Fsp3) is 0.769. The Morgan fingerprint density at radius 1 is 1.44 bits per heavy atom. The lowest BCUT2D eigenvalue weighted by Gasteiger charge is -2.29. The number of carbonyl (C=O) groups is 1. The van der Waals surface area contributed by atoms with E-state index in [1.54, 1.807) is 13.1 Å². The lowest BCUT2D eigenvalue weighted by Crippen LogP contribution is -2.65. The molecule has 12 heteroatoms. The molecule has 1 aromatic heterocycles. The highest BCUT2D eigenvalue weighted by Gasteiger charge is 2.26. The first kappa shape index (κ1) is 20.4. The van der Waals surface area contributed by atoms with Crippen molar-refractivity contribution in [1.29, 1.82) is 0 Å². The van der Waals surface area contributed by atoms with Gasteiger partial charge in [-0.25, -0.2) is 4.79 Å². The van der Waals surface area contributed by atoms with Gasteiger partial charge in [0.1, 0.15) is 6.61 Å². The van der Waals surface area contributed by atoms with E-state index in [0.29, 0.717) is 32.7 Å². The minimum atomic E-state index is -0.792. The summed E-state index contributed by atoms with van der Waals surface area (Å²) in [6, 6.07) is 0. The number of hydrogen-bond donors (Lipinski definition) is 1. The second-order valence-electron chi connectivity index (χ2n) is 4.68. The summed E-state index contributed by atoms with van der Waals surface area (Å²) in [5.41, 5.74) is 0. The standard InChI is InChI=1S/C11H18N6O6.C2H6/c1-2-21-11(18)12-10-9-16(13-23-10)15-5-3-14(4-6-15)7-8-22-17(19)20;1-2/h9H,2-8H2,1H3;1-2H3/p+1. The van der Waals surface area contributed by atoms with Crippen LogP contribution in [0.1, 0.15) is 20.8 Å². The summed E-state index contributed by atoms with van der Waals surface area (Å²) in [6.45, 7) is 9.26. The molecule has 0 saturated carbocycles. The van der Waals surface area contributed by atoms with Crippen LogP contribution in [0.25, 0.3) is 0 Å². The maximum atomic E-state index is 11.3. The van der Waals surface area contributed by atoms with E-state index in [0.717, 1.165) is 0 Å². The molecule has 0 radical (unpaired) electrons. The average molecular weight is 361 g/mol. The largest absolute Gasteiger partial charge is 0.450 e. The van der Waals surface area contributed by atoms with Crippen molar-refractivity contribution in [1.82, 2.24) is 10.2 Å². The van der Waals surface area contributed by atoms with E-state index in [9.17, 15) is 14.9 Å². The average Bonchev–Trinajstić information content (AvgIpc) is 3.05. The molecule has 1 amide bonds. The number of anilines is 1. The quantitative estimate of drug-likeness (QED) is 0.406. The Kier molecular flexibility index (Phi) is 9.00. The number of hydrogen-bond acceptors (Lipinski definition) is 9. The third-order valence-corrected chi connectivity index (χ3v) is 3.20. The van der Waals surface area contributed by atoms with E-state index >= 15 is 0 Å². The zero-order chi connectivity index (χ0) is 18.7. The van der Waals surface area contributed by atoms with Crippen LogP contribution in [-0.4, -0.2) is 67.3 Å². The molecule has 142 valence electrons. The Hall–Kier alpha value is -2.63. The number of aromatic nitrogens is 2. The lowest BCUT2D eigenvalue weighted by atomic mass is 10.3. The molecule has 0 aromatic carbocycles. The van der Waals surface area contributed by atoms with Gasteiger partial charge in [0.25, 0.3) is 11.3 Å². The van der Waals surface area contributed by atoms with Gasteiger partial charge in [-0.3, -0.25) is 14.7 Å². The molecular weight excluding hydrogens is 336 g/mol. The third kappa shape index (κ3) is 7.20. The van der Waals surface area contributed by atoms with Crippen LogP contribution < -0.4 is 15.1 Å². The predicted molar refractivity (Wildman–Crippen MR) is 86.0 cm³/mol. The molecule has 1 aliphatic rings. The molecule has 12 nitrogen and oxygen atoms in total. The number of ether oxygens (including phenoxy) is 1. The minimum Gasteiger partial charge on any atom is -0.450 e. The van der Waals surface area contributed by atoms with Gasteiger partial charge in [0.05, 0.1) is 24.5 Å². The SMILES string of the molecule is CC.CCOC(=O)Nc1c[n+](N2CCN(CCO[N+](=O)[O-])CC2)no1. The van der Waals surface area contributed by atoms with Gasteiger partial charge in [-0.05, 0) is 6.92 Å². The molecule has 25 heavy (non-hydrogen) atoms. The van der Waals surface area contributed by atoms with Crippen LogP contribution in [0.2, 0.25) is 0 Å². The van der Waals surface area contributed by atoms with Crippen molar-refractivity contribution in [2.45, 2.75) is 20.8 Å². The summed E-state index contributed by atoms with van der Waals surface area (Å²) in [5.74, 6) is 0.185. The van der Waals surface area contributed by atoms with Crippen molar-refractivity contribution in [2.75, 3.05) is 56.3 Å². The summed E-state index contributed by atoms with van der Waals surface area (Å²) in [6.07, 6.45) is 0.939. The maximum absolute atomic E-state index is 11.3. The fourth-order valence-electron chi connectivity index (χ4n) is 2.10. The van der Waals surface area contributed by atoms with Gasteiger partial charge < -0.3 is 9.57 Å². The van der Waals surface area contributed by atoms with Crippen molar-refractivity contribution < 1.29 is 28.8 Å². The van der Waals surface area contributed by atoms with E-state index in [2.05, 4.69) is 20.3 Å². The van der Waals surface area contributed by atoms with E-state index in [4.69, 9.17) is 9.26 Å². The monoisotopic (exact) mass is 361 g/mol. The van der Waals surface area contributed by atoms with Crippen LogP contribution in [0.15, 0.2) is 10.7 Å². The minimum absolute atomic E-state index is 0.0533. The van der Waals surface area contributed by atoms with Gasteiger partial charge in [-0.15, -0.1) is 10.1 Å². The number of rotatable bonds is 7. The molecule has 1 aliphatic heterocycles. The number of nitrogens with one attached hydrogen (secondary N) is 1. The van der Waals surface area contributed by atoms with Crippen LogP contribution in [0, 0.1) is 10.1 Å². The molecule has 1 aromatic rings. The van der Waals surface area contributed by atoms with E-state index < -0.39 is 11.2 Å². The van der Waals surface area contributed by atoms with E-state index in [1.165, 1.54) is 4.79 Å². The molecule has 0 bridgehead atoms. The Morgan fingerprint density at radius 2 is 2.12 bits per heavy atom. The Labute approximate surface area is 145 Å². The topological polar surface area (TPSA) is 127 Å². The molecule has 2 rings (SSSR count). The zero-order valence-corrected chi connectivity index (χ0v) is 14.7. The highest BCUT2D eigenvalue weighted by atomic mass is 16.9. The number of nitrogens with zero attached hydrogens (tertiary/aromatic N) is 5. The molecule has 1 N–H and O–H groups in total. The molecule has 1 fully saturated rings. The first-order valence-corrected chi connectivity index (χ1v) is 8.16. The molecule has 0 unspecified atom stereocenters. The van der Waals surface area contributed by atoms with Crippen molar-refractivity contribution in [2.24, 2.45) is 0 Å². The van der Waals surface area contributed by atoms with Crippen LogP contribution in [0.5, 0.6) is 0 Å². The number of carbonyl (C=O) groups excluding carboxylic acids is 1. The van der Waals surface area contributed by atoms with Gasteiger partial charge in [-0.1, -0.05) is 13.8 Å². The highest BCUT2D eigenvalue weighted by molar-refractivity contribution is 5.82. The van der Waals surface area contributed by atoms with Crippen molar-refractivity contribution >= 4 is 12.0 Å². The summed E-state index contributed by atoms with van der Waals surface area (Å²) < 4.78 is 9.75. The first-order valence-electron chi connectivity index (χ1n) is 8.16. The molecule has 0 aliphatic carbocycles. The molecule has 1 saturated heterocycles.